The second-order valence-electron chi connectivity index (χ2n) is 14.0. The first kappa shape index (κ1) is 30.6. The summed E-state index contributed by atoms with van der Waals surface area (Å²) >= 11 is 0. The Morgan fingerprint density at radius 1 is 1.02 bits per heavy atom. The van der Waals surface area contributed by atoms with E-state index in [1.165, 1.54) is 31.4 Å². The van der Waals surface area contributed by atoms with Crippen LogP contribution < -0.4 is 9.46 Å². The molecule has 1 aromatic carbocycles. The van der Waals surface area contributed by atoms with Crippen molar-refractivity contribution in [3.63, 3.8) is 0 Å². The molecule has 5 rings (SSSR count). The number of rotatable bonds is 7. The number of hydrogen-bond acceptors (Lipinski definition) is 7. The minimum atomic E-state index is -4.05. The first-order chi connectivity index (χ1) is 19.4. The molecule has 41 heavy (non-hydrogen) atoms. The molecule has 4 aliphatic rings. The van der Waals surface area contributed by atoms with Crippen molar-refractivity contribution >= 4 is 16.1 Å². The molecule has 3 N–H and O–H groups in total. The van der Waals surface area contributed by atoms with Crippen LogP contribution in [0.5, 0.6) is 5.75 Å². The van der Waals surface area contributed by atoms with Crippen LogP contribution in [-0.2, 0) is 14.8 Å². The number of benzene rings is 1. The SMILES string of the molecule is CC[C@H]1[C@@H](O)[C@@H]2[C@H](CC[C@]3(C)[C@@H]([C@H](C)COC(=O)NS(=O)(=O)c4ccc(OC)cc4)CC[C@@H]23)[C@@]2(C)CC[C@@H](O)C[C@@H]12. The molecule has 0 aliphatic heterocycles. The average molecular weight is 592 g/mol. The number of hydrogen-bond donors (Lipinski definition) is 3. The van der Waals surface area contributed by atoms with Crippen LogP contribution in [0.1, 0.15) is 79.1 Å². The lowest BCUT2D eigenvalue weighted by atomic mass is 9.41. The maximum atomic E-state index is 12.7. The molecule has 0 saturated heterocycles. The molecular weight excluding hydrogens is 542 g/mol. The number of sulfonamides is 1. The lowest BCUT2D eigenvalue weighted by Crippen LogP contribution is -2.62. The number of carbonyl (C=O) groups is 1. The van der Waals surface area contributed by atoms with Gasteiger partial charge < -0.3 is 19.7 Å². The predicted molar refractivity (Wildman–Crippen MR) is 156 cm³/mol. The van der Waals surface area contributed by atoms with E-state index in [0.717, 1.165) is 51.4 Å². The van der Waals surface area contributed by atoms with Crippen molar-refractivity contribution in [3.05, 3.63) is 24.3 Å². The molecule has 0 unspecified atom stereocenters. The molecule has 230 valence electrons. The molecule has 0 radical (unpaired) electrons. The zero-order chi connectivity index (χ0) is 29.7. The second-order valence-corrected chi connectivity index (χ2v) is 15.7. The van der Waals surface area contributed by atoms with Gasteiger partial charge in [0.25, 0.3) is 10.0 Å². The zero-order valence-electron chi connectivity index (χ0n) is 25.2. The van der Waals surface area contributed by atoms with E-state index in [0.29, 0.717) is 29.4 Å². The fourth-order valence-corrected chi connectivity index (χ4v) is 11.1. The minimum Gasteiger partial charge on any atom is -0.497 e. The van der Waals surface area contributed by atoms with Gasteiger partial charge in [-0.15, -0.1) is 0 Å². The van der Waals surface area contributed by atoms with Crippen LogP contribution >= 0.6 is 0 Å². The van der Waals surface area contributed by atoms with Crippen molar-refractivity contribution in [2.45, 2.75) is 96.2 Å². The van der Waals surface area contributed by atoms with E-state index >= 15 is 0 Å². The van der Waals surface area contributed by atoms with E-state index in [9.17, 15) is 23.4 Å². The van der Waals surface area contributed by atoms with Gasteiger partial charge in [-0.1, -0.05) is 34.1 Å². The van der Waals surface area contributed by atoms with Gasteiger partial charge in [0.1, 0.15) is 5.75 Å². The summed E-state index contributed by atoms with van der Waals surface area (Å²) in [5, 5.41) is 22.4. The van der Waals surface area contributed by atoms with Crippen LogP contribution in [0.15, 0.2) is 29.2 Å². The van der Waals surface area contributed by atoms with Gasteiger partial charge >= 0.3 is 6.09 Å². The van der Waals surface area contributed by atoms with Gasteiger partial charge in [0.2, 0.25) is 0 Å². The Kier molecular flexibility index (Phi) is 8.47. The Hall–Kier alpha value is -1.84. The topological polar surface area (TPSA) is 122 Å². The van der Waals surface area contributed by atoms with Gasteiger partial charge in [0.15, 0.2) is 0 Å². The summed E-state index contributed by atoms with van der Waals surface area (Å²) in [5.41, 5.74) is 0.192. The molecule has 0 aromatic heterocycles. The molecule has 4 saturated carbocycles. The van der Waals surface area contributed by atoms with E-state index in [-0.39, 0.29) is 52.3 Å². The van der Waals surface area contributed by atoms with Crippen LogP contribution in [0.3, 0.4) is 0 Å². The number of aliphatic hydroxyl groups excluding tert-OH is 2. The van der Waals surface area contributed by atoms with E-state index in [4.69, 9.17) is 9.47 Å². The number of fused-ring (bicyclic) bond motifs is 5. The maximum Gasteiger partial charge on any atom is 0.421 e. The Balaban J connectivity index is 1.25. The largest absolute Gasteiger partial charge is 0.497 e. The van der Waals surface area contributed by atoms with Crippen LogP contribution in [0.2, 0.25) is 0 Å². The predicted octanol–water partition coefficient (Wildman–Crippen LogP) is 5.37. The third kappa shape index (κ3) is 5.29. The van der Waals surface area contributed by atoms with Crippen LogP contribution in [0.25, 0.3) is 0 Å². The summed E-state index contributed by atoms with van der Waals surface area (Å²) < 4.78 is 37.9. The Bertz CT molecular complexity index is 1200. The normalized spacial score (nSPS) is 41.0. The zero-order valence-corrected chi connectivity index (χ0v) is 26.0. The Labute approximate surface area is 245 Å². The molecule has 4 fully saturated rings. The summed E-state index contributed by atoms with van der Waals surface area (Å²) in [6.07, 6.45) is 6.31. The van der Waals surface area contributed by atoms with Gasteiger partial charge in [0, 0.05) is 0 Å². The molecule has 0 bridgehead atoms. The Morgan fingerprint density at radius 3 is 2.34 bits per heavy atom. The highest BCUT2D eigenvalue weighted by molar-refractivity contribution is 7.90. The molecule has 0 heterocycles. The second kappa shape index (κ2) is 11.3. The first-order valence-electron chi connectivity index (χ1n) is 15.6. The smallest absolute Gasteiger partial charge is 0.421 e. The molecule has 8 nitrogen and oxygen atoms in total. The number of methoxy groups -OCH3 is 1. The number of carbonyl (C=O) groups excluding carboxylic acids is 1. The van der Waals surface area contributed by atoms with Crippen molar-refractivity contribution in [2.75, 3.05) is 13.7 Å². The molecular formula is C32H49NO7S. The maximum absolute atomic E-state index is 12.7. The van der Waals surface area contributed by atoms with Gasteiger partial charge in [-0.2, -0.15) is 0 Å². The number of ether oxygens (including phenoxy) is 2. The quantitative estimate of drug-likeness (QED) is 0.390. The Morgan fingerprint density at radius 2 is 1.68 bits per heavy atom. The van der Waals surface area contributed by atoms with Crippen LogP contribution in [-0.4, -0.2) is 50.6 Å². The van der Waals surface area contributed by atoms with Crippen molar-refractivity contribution in [1.82, 2.24) is 4.72 Å². The van der Waals surface area contributed by atoms with E-state index in [2.05, 4.69) is 27.7 Å². The van der Waals surface area contributed by atoms with Crippen molar-refractivity contribution in [2.24, 2.45) is 52.3 Å². The highest BCUT2D eigenvalue weighted by Crippen LogP contribution is 2.69. The highest BCUT2D eigenvalue weighted by atomic mass is 32.2. The minimum absolute atomic E-state index is 0.0340. The number of aliphatic hydroxyl groups is 2. The van der Waals surface area contributed by atoms with Crippen molar-refractivity contribution < 1.29 is 32.9 Å². The summed E-state index contributed by atoms with van der Waals surface area (Å²) in [5.74, 6) is 2.63. The van der Waals surface area contributed by atoms with E-state index in [1.54, 1.807) is 0 Å². The fraction of sp³-hybridized carbons (Fsp3) is 0.781. The van der Waals surface area contributed by atoms with Gasteiger partial charge in [-0.05, 0) is 121 Å². The third-order valence-electron chi connectivity index (χ3n) is 12.2. The summed E-state index contributed by atoms with van der Waals surface area (Å²) in [4.78, 5) is 12.5. The lowest BCUT2D eigenvalue weighted by molar-refractivity contribution is -0.203. The fourth-order valence-electron chi connectivity index (χ4n) is 10.2. The molecule has 11 atom stereocenters. The lowest BCUT2D eigenvalue weighted by Gasteiger charge is -2.64. The average Bonchev–Trinajstić information content (AvgIpc) is 3.30. The molecule has 0 spiro atoms. The van der Waals surface area contributed by atoms with Gasteiger partial charge in [-0.3, -0.25) is 0 Å². The van der Waals surface area contributed by atoms with Crippen LogP contribution in [0.4, 0.5) is 4.79 Å². The molecule has 9 heteroatoms. The van der Waals surface area contributed by atoms with Gasteiger partial charge in [-0.25, -0.2) is 17.9 Å². The summed E-state index contributed by atoms with van der Waals surface area (Å²) in [6, 6.07) is 5.82. The first-order valence-corrected chi connectivity index (χ1v) is 17.0. The van der Waals surface area contributed by atoms with Gasteiger partial charge in [0.05, 0.1) is 30.8 Å². The van der Waals surface area contributed by atoms with E-state index in [1.807, 2.05) is 4.72 Å². The summed E-state index contributed by atoms with van der Waals surface area (Å²) in [6.45, 7) is 9.25. The van der Waals surface area contributed by atoms with Crippen LogP contribution in [0, 0.1) is 52.3 Å². The number of nitrogens with one attached hydrogen (secondary N) is 1. The molecule has 1 amide bonds. The summed E-state index contributed by atoms with van der Waals surface area (Å²) in [7, 11) is -2.56. The van der Waals surface area contributed by atoms with E-state index < -0.39 is 16.1 Å². The van der Waals surface area contributed by atoms with Crippen molar-refractivity contribution in [3.8, 4) is 5.75 Å². The molecule has 1 aromatic rings. The van der Waals surface area contributed by atoms with Crippen molar-refractivity contribution in [1.29, 1.82) is 0 Å². The third-order valence-corrected chi connectivity index (χ3v) is 13.5. The standard InChI is InChI=1S/C32H49NO7S/c1-6-23-27-17-20(34)13-15-32(27,4)26-14-16-31(3)24(11-12-25(31)28(26)29(23)35)19(2)18-40-30(36)33-41(37,38)22-9-7-21(39-5)8-10-22/h7-10,19-20,23-29,34-35H,6,11-18H2,1-5H3,(H,33,36)/t19-,20-,23-,24-,25+,26+,27+,28+,29-,31-,32-/m1/s1. The molecule has 4 aliphatic carbocycles. The number of amides is 1. The monoisotopic (exact) mass is 591 g/mol. The highest BCUT2D eigenvalue weighted by Gasteiger charge is 2.64.